The van der Waals surface area contributed by atoms with E-state index in [0.717, 1.165) is 5.56 Å². The summed E-state index contributed by atoms with van der Waals surface area (Å²) in [5.74, 6) is -0.180. The van der Waals surface area contributed by atoms with Gasteiger partial charge >= 0.3 is 5.63 Å². The summed E-state index contributed by atoms with van der Waals surface area (Å²) in [5, 5.41) is 10.5. The van der Waals surface area contributed by atoms with Crippen LogP contribution in [0.3, 0.4) is 0 Å². The Labute approximate surface area is 125 Å². The molecule has 5 nitrogen and oxygen atoms in total. The van der Waals surface area contributed by atoms with Crippen molar-refractivity contribution in [2.45, 2.75) is 6.61 Å². The van der Waals surface area contributed by atoms with E-state index < -0.39 is 5.63 Å². The maximum Gasteiger partial charge on any atom is 0.336 e. The maximum absolute atomic E-state index is 11.3. The van der Waals surface area contributed by atoms with Gasteiger partial charge in [-0.05, 0) is 11.6 Å². The number of aldehydes is 1. The van der Waals surface area contributed by atoms with Gasteiger partial charge in [-0.2, -0.15) is 0 Å². The minimum Gasteiger partial charge on any atom is -0.504 e. The molecular formula is C17H12O5. The number of aromatic hydroxyl groups is 1. The first kappa shape index (κ1) is 13.9. The van der Waals surface area contributed by atoms with E-state index in [1.54, 1.807) is 0 Å². The highest BCUT2D eigenvalue weighted by molar-refractivity contribution is 6.00. The molecule has 2 aromatic carbocycles. The first-order valence-corrected chi connectivity index (χ1v) is 6.61. The molecule has 0 aliphatic rings. The molecule has 1 N–H and O–H groups in total. The Morgan fingerprint density at radius 2 is 1.91 bits per heavy atom. The molecule has 0 saturated heterocycles. The molecule has 1 heterocycles. The predicted octanol–water partition coefficient (Wildman–Crippen LogP) is 2.89. The van der Waals surface area contributed by atoms with Gasteiger partial charge in [0, 0.05) is 17.5 Å². The molecule has 0 atom stereocenters. The standard InChI is InChI=1S/C17H12O5/c18-9-13-12-6-7-16(19)22-14(12)8-15(17(13)20)21-10-11-4-2-1-3-5-11/h1-9,20H,10H2. The summed E-state index contributed by atoms with van der Waals surface area (Å²) in [4.78, 5) is 22.5. The number of ether oxygens (including phenoxy) is 1. The summed E-state index contributed by atoms with van der Waals surface area (Å²) in [6, 6.07) is 13.4. The second-order valence-corrected chi connectivity index (χ2v) is 4.70. The predicted molar refractivity (Wildman–Crippen MR) is 80.3 cm³/mol. The lowest BCUT2D eigenvalue weighted by Crippen LogP contribution is -2.00. The van der Waals surface area contributed by atoms with Crippen LogP contribution in [0.4, 0.5) is 0 Å². The highest BCUT2D eigenvalue weighted by atomic mass is 16.5. The monoisotopic (exact) mass is 296 g/mol. The van der Waals surface area contributed by atoms with Crippen molar-refractivity contribution in [3.8, 4) is 11.5 Å². The van der Waals surface area contributed by atoms with Crippen LogP contribution < -0.4 is 10.4 Å². The smallest absolute Gasteiger partial charge is 0.336 e. The zero-order valence-electron chi connectivity index (χ0n) is 11.5. The topological polar surface area (TPSA) is 76.7 Å². The van der Waals surface area contributed by atoms with Gasteiger partial charge in [-0.25, -0.2) is 4.79 Å². The molecule has 0 spiro atoms. The van der Waals surface area contributed by atoms with Gasteiger partial charge in [-0.3, -0.25) is 4.79 Å². The zero-order chi connectivity index (χ0) is 15.5. The molecule has 22 heavy (non-hydrogen) atoms. The van der Waals surface area contributed by atoms with Crippen LogP contribution >= 0.6 is 0 Å². The van der Waals surface area contributed by atoms with Crippen molar-refractivity contribution in [2.75, 3.05) is 0 Å². The average molecular weight is 296 g/mol. The number of carbonyl (C=O) groups is 1. The van der Waals surface area contributed by atoms with E-state index in [1.807, 2.05) is 30.3 Å². The molecule has 0 bridgehead atoms. The molecule has 5 heteroatoms. The first-order valence-electron chi connectivity index (χ1n) is 6.61. The number of phenolic OH excluding ortho intramolecular Hbond substituents is 1. The third-order valence-corrected chi connectivity index (χ3v) is 3.26. The Kier molecular flexibility index (Phi) is 3.62. The molecule has 0 unspecified atom stereocenters. The van der Waals surface area contributed by atoms with E-state index in [9.17, 15) is 14.7 Å². The lowest BCUT2D eigenvalue weighted by molar-refractivity contribution is 0.112. The Morgan fingerprint density at radius 1 is 1.14 bits per heavy atom. The van der Waals surface area contributed by atoms with Crippen LogP contribution in [-0.4, -0.2) is 11.4 Å². The minimum atomic E-state index is -0.538. The van der Waals surface area contributed by atoms with Crippen LogP contribution in [0.1, 0.15) is 15.9 Å². The number of phenols is 1. The van der Waals surface area contributed by atoms with Crippen molar-refractivity contribution in [2.24, 2.45) is 0 Å². The summed E-state index contributed by atoms with van der Waals surface area (Å²) >= 11 is 0. The lowest BCUT2D eigenvalue weighted by atomic mass is 10.1. The first-order chi connectivity index (χ1) is 10.7. The minimum absolute atomic E-state index is 0.0318. The number of hydrogen-bond donors (Lipinski definition) is 1. The van der Waals surface area contributed by atoms with E-state index >= 15 is 0 Å². The van der Waals surface area contributed by atoms with Crippen LogP contribution in [0.2, 0.25) is 0 Å². The quantitative estimate of drug-likeness (QED) is 0.591. The molecule has 0 aliphatic heterocycles. The van der Waals surface area contributed by atoms with Crippen molar-refractivity contribution in [1.82, 2.24) is 0 Å². The second kappa shape index (κ2) is 5.73. The van der Waals surface area contributed by atoms with Gasteiger partial charge in [-0.15, -0.1) is 0 Å². The third-order valence-electron chi connectivity index (χ3n) is 3.26. The van der Waals surface area contributed by atoms with Gasteiger partial charge in [0.25, 0.3) is 0 Å². The molecular weight excluding hydrogens is 284 g/mol. The van der Waals surface area contributed by atoms with Crippen molar-refractivity contribution in [1.29, 1.82) is 0 Å². The van der Waals surface area contributed by atoms with Gasteiger partial charge < -0.3 is 14.3 Å². The zero-order valence-corrected chi connectivity index (χ0v) is 11.5. The number of rotatable bonds is 4. The third kappa shape index (κ3) is 2.56. The molecule has 1 aromatic heterocycles. The maximum atomic E-state index is 11.3. The van der Waals surface area contributed by atoms with E-state index in [4.69, 9.17) is 9.15 Å². The number of fused-ring (bicyclic) bond motifs is 1. The average Bonchev–Trinajstić information content (AvgIpc) is 2.54. The van der Waals surface area contributed by atoms with Crippen LogP contribution in [0.15, 0.2) is 57.7 Å². The van der Waals surface area contributed by atoms with Crippen molar-refractivity contribution < 1.29 is 19.1 Å². The number of hydrogen-bond acceptors (Lipinski definition) is 5. The molecule has 0 fully saturated rings. The summed E-state index contributed by atoms with van der Waals surface area (Å²) < 4.78 is 10.6. The SMILES string of the molecule is O=Cc1c(O)c(OCc2ccccc2)cc2oc(=O)ccc12. The van der Waals surface area contributed by atoms with Gasteiger partial charge in [0.2, 0.25) is 0 Å². The van der Waals surface area contributed by atoms with Gasteiger partial charge in [0.1, 0.15) is 12.2 Å². The fourth-order valence-electron chi connectivity index (χ4n) is 2.17. The van der Waals surface area contributed by atoms with E-state index in [0.29, 0.717) is 11.7 Å². The molecule has 0 amide bonds. The van der Waals surface area contributed by atoms with Gasteiger partial charge in [0.05, 0.1) is 5.56 Å². The summed E-state index contributed by atoms with van der Waals surface area (Å²) in [6.45, 7) is 0.218. The Hall–Kier alpha value is -3.08. The fraction of sp³-hybridized carbons (Fsp3) is 0.0588. The molecule has 110 valence electrons. The Balaban J connectivity index is 2.03. The molecule has 0 radical (unpaired) electrons. The lowest BCUT2D eigenvalue weighted by Gasteiger charge is -2.11. The van der Waals surface area contributed by atoms with Crippen LogP contribution in [0, 0.1) is 0 Å². The Bertz CT molecular complexity index is 881. The summed E-state index contributed by atoms with van der Waals surface area (Å²) in [6.07, 6.45) is 0.507. The fourth-order valence-corrected chi connectivity index (χ4v) is 2.17. The van der Waals surface area contributed by atoms with E-state index in [-0.39, 0.29) is 29.3 Å². The normalized spacial score (nSPS) is 10.5. The van der Waals surface area contributed by atoms with E-state index in [2.05, 4.69) is 0 Å². The van der Waals surface area contributed by atoms with Crippen molar-refractivity contribution in [3.63, 3.8) is 0 Å². The largest absolute Gasteiger partial charge is 0.504 e. The van der Waals surface area contributed by atoms with E-state index in [1.165, 1.54) is 18.2 Å². The van der Waals surface area contributed by atoms with Crippen LogP contribution in [0.5, 0.6) is 11.5 Å². The molecule has 3 aromatic rings. The van der Waals surface area contributed by atoms with Crippen molar-refractivity contribution >= 4 is 17.3 Å². The van der Waals surface area contributed by atoms with Crippen LogP contribution in [0.25, 0.3) is 11.0 Å². The summed E-state index contributed by atoms with van der Waals surface area (Å²) in [7, 11) is 0. The number of benzene rings is 2. The summed E-state index contributed by atoms with van der Waals surface area (Å²) in [5.41, 5.74) is 0.591. The molecule has 0 saturated carbocycles. The molecule has 3 rings (SSSR count). The molecule has 0 aliphatic carbocycles. The highest BCUT2D eigenvalue weighted by Crippen LogP contribution is 2.35. The van der Waals surface area contributed by atoms with Crippen molar-refractivity contribution in [3.05, 3.63) is 70.1 Å². The highest BCUT2D eigenvalue weighted by Gasteiger charge is 2.15. The Morgan fingerprint density at radius 3 is 2.64 bits per heavy atom. The number of carbonyl (C=O) groups excluding carboxylic acids is 1. The van der Waals surface area contributed by atoms with Gasteiger partial charge in [-0.1, -0.05) is 30.3 Å². The second-order valence-electron chi connectivity index (χ2n) is 4.70. The van der Waals surface area contributed by atoms with Gasteiger partial charge in [0.15, 0.2) is 17.8 Å². The van der Waals surface area contributed by atoms with Crippen LogP contribution in [-0.2, 0) is 6.61 Å².